The molecule has 0 atom stereocenters. The van der Waals surface area contributed by atoms with Crippen molar-refractivity contribution < 1.29 is 0 Å². The molecule has 14 heavy (non-hydrogen) atoms. The minimum atomic E-state index is -1.25. The lowest BCUT2D eigenvalue weighted by atomic mass is 9.84. The predicted molar refractivity (Wildman–Crippen MR) is 69.6 cm³/mol. The van der Waals surface area contributed by atoms with Crippen LogP contribution in [-0.4, -0.2) is 26.7 Å². The summed E-state index contributed by atoms with van der Waals surface area (Å²) in [7, 11) is 0.0183. The van der Waals surface area contributed by atoms with E-state index < -0.39 is 8.24 Å². The van der Waals surface area contributed by atoms with Gasteiger partial charge in [0.2, 0.25) is 7.41 Å². The SMILES string of the molecule is CC1=CCBN([Si](C)(C)C(C)(C)C)C1. The topological polar surface area (TPSA) is 3.24 Å². The Kier molecular flexibility index (Phi) is 3.32. The Morgan fingerprint density at radius 1 is 1.36 bits per heavy atom. The van der Waals surface area contributed by atoms with Crippen molar-refractivity contribution in [2.75, 3.05) is 6.54 Å². The van der Waals surface area contributed by atoms with Crippen molar-refractivity contribution in [2.24, 2.45) is 0 Å². The Balaban J connectivity index is 2.79. The third-order valence-electron chi connectivity index (χ3n) is 3.96. The fourth-order valence-corrected chi connectivity index (χ4v) is 4.14. The van der Waals surface area contributed by atoms with E-state index in [4.69, 9.17) is 0 Å². The van der Waals surface area contributed by atoms with E-state index in [1.54, 1.807) is 5.57 Å². The van der Waals surface area contributed by atoms with Gasteiger partial charge < -0.3 is 4.48 Å². The lowest BCUT2D eigenvalue weighted by molar-refractivity contribution is 0.592. The van der Waals surface area contributed by atoms with E-state index in [9.17, 15) is 0 Å². The number of hydrogen-bond donors (Lipinski definition) is 0. The molecule has 3 heteroatoms. The van der Waals surface area contributed by atoms with Crippen LogP contribution in [0.4, 0.5) is 0 Å². The van der Waals surface area contributed by atoms with E-state index in [-0.39, 0.29) is 0 Å². The lowest BCUT2D eigenvalue weighted by Gasteiger charge is -2.47. The zero-order valence-electron chi connectivity index (χ0n) is 10.6. The van der Waals surface area contributed by atoms with Gasteiger partial charge in [-0.2, -0.15) is 0 Å². The average Bonchev–Trinajstić information content (AvgIpc) is 2.02. The Morgan fingerprint density at radius 2 is 1.93 bits per heavy atom. The van der Waals surface area contributed by atoms with Gasteiger partial charge in [0, 0.05) is 6.54 Å². The summed E-state index contributed by atoms with van der Waals surface area (Å²) in [5, 5.41) is 0.477. The van der Waals surface area contributed by atoms with Crippen LogP contribution in [0.3, 0.4) is 0 Å². The smallest absolute Gasteiger partial charge is 0.201 e. The highest BCUT2D eigenvalue weighted by molar-refractivity contribution is 6.82. The maximum absolute atomic E-state index is 2.75. The molecule has 1 heterocycles. The quantitative estimate of drug-likeness (QED) is 0.474. The van der Waals surface area contributed by atoms with Crippen LogP contribution in [0.5, 0.6) is 0 Å². The highest BCUT2D eigenvalue weighted by atomic mass is 28.3. The van der Waals surface area contributed by atoms with Crippen LogP contribution in [0.15, 0.2) is 11.6 Å². The summed E-state index contributed by atoms with van der Waals surface area (Å²) in [6.07, 6.45) is 3.64. The zero-order chi connectivity index (χ0) is 11.0. The summed E-state index contributed by atoms with van der Waals surface area (Å²) in [5.74, 6) is 0. The first-order valence-corrected chi connectivity index (χ1v) is 8.60. The van der Waals surface area contributed by atoms with Crippen molar-refractivity contribution in [1.29, 1.82) is 0 Å². The van der Waals surface area contributed by atoms with Crippen LogP contribution in [0.2, 0.25) is 24.5 Å². The first-order valence-electron chi connectivity index (χ1n) is 5.66. The highest BCUT2D eigenvalue weighted by Gasteiger charge is 2.40. The number of nitrogens with zero attached hydrogens (tertiary/aromatic N) is 1. The normalized spacial score (nSPS) is 20.3. The zero-order valence-corrected chi connectivity index (χ0v) is 11.6. The fraction of sp³-hybridized carbons (Fsp3) is 0.818. The third-order valence-corrected chi connectivity index (χ3v) is 9.59. The molecule has 80 valence electrons. The summed E-state index contributed by atoms with van der Waals surface area (Å²) in [4.78, 5) is 0. The Morgan fingerprint density at radius 3 is 2.36 bits per heavy atom. The van der Waals surface area contributed by atoms with Gasteiger partial charge in [0.15, 0.2) is 0 Å². The van der Waals surface area contributed by atoms with Crippen LogP contribution >= 0.6 is 0 Å². The molecule has 1 aliphatic rings. The van der Waals surface area contributed by atoms with Crippen molar-refractivity contribution in [1.82, 2.24) is 4.48 Å². The molecule has 0 fully saturated rings. The van der Waals surface area contributed by atoms with Gasteiger partial charge in [-0.05, 0) is 18.3 Å². The predicted octanol–water partition coefficient (Wildman–Crippen LogP) is 3.02. The van der Waals surface area contributed by atoms with E-state index in [0.717, 1.165) is 0 Å². The maximum Gasteiger partial charge on any atom is 0.201 e. The summed E-state index contributed by atoms with van der Waals surface area (Å²) in [6.45, 7) is 15.7. The fourth-order valence-electron chi connectivity index (χ4n) is 1.86. The molecule has 0 aromatic carbocycles. The lowest BCUT2D eigenvalue weighted by Crippen LogP contribution is -2.57. The number of rotatable bonds is 1. The van der Waals surface area contributed by atoms with Crippen LogP contribution < -0.4 is 0 Å². The summed E-state index contributed by atoms with van der Waals surface area (Å²) in [5.41, 5.74) is 1.56. The van der Waals surface area contributed by atoms with Crippen molar-refractivity contribution in [3.63, 3.8) is 0 Å². The van der Waals surface area contributed by atoms with E-state index in [2.05, 4.69) is 51.3 Å². The molecule has 0 bridgehead atoms. The molecule has 0 aromatic heterocycles. The minimum Gasteiger partial charge on any atom is -0.364 e. The molecule has 0 amide bonds. The maximum atomic E-state index is 2.75. The standard InChI is InChI=1S/C11H24BNSi/c1-10-7-8-12-13(9-10)14(5,6)11(2,3)4/h7,12H,8-9H2,1-6H3. The highest BCUT2D eigenvalue weighted by Crippen LogP contribution is 2.38. The Bertz CT molecular complexity index is 240. The van der Waals surface area contributed by atoms with Gasteiger partial charge in [-0.3, -0.25) is 0 Å². The van der Waals surface area contributed by atoms with Gasteiger partial charge in [-0.1, -0.05) is 45.5 Å². The molecule has 0 aromatic rings. The van der Waals surface area contributed by atoms with Crippen molar-refractivity contribution >= 4 is 15.6 Å². The monoisotopic (exact) mass is 209 g/mol. The van der Waals surface area contributed by atoms with Gasteiger partial charge >= 0.3 is 0 Å². The molecule has 0 N–H and O–H groups in total. The molecular formula is C11H24BNSi. The van der Waals surface area contributed by atoms with E-state index in [1.165, 1.54) is 20.3 Å². The van der Waals surface area contributed by atoms with E-state index in [1.807, 2.05) is 0 Å². The van der Waals surface area contributed by atoms with Crippen molar-refractivity contribution in [3.8, 4) is 0 Å². The summed E-state index contributed by atoms with van der Waals surface area (Å²) >= 11 is 0. The molecule has 0 radical (unpaired) electrons. The molecule has 1 rings (SSSR count). The second-order valence-electron chi connectivity index (χ2n) is 6.07. The Labute approximate surface area is 90.9 Å². The van der Waals surface area contributed by atoms with E-state index >= 15 is 0 Å². The summed E-state index contributed by atoms with van der Waals surface area (Å²) in [6, 6.07) is 0. The van der Waals surface area contributed by atoms with Crippen molar-refractivity contribution in [3.05, 3.63) is 11.6 Å². The number of hydrogen-bond acceptors (Lipinski definition) is 1. The molecular weight excluding hydrogens is 185 g/mol. The van der Waals surface area contributed by atoms with Crippen LogP contribution in [-0.2, 0) is 0 Å². The second-order valence-corrected chi connectivity index (χ2v) is 11.3. The molecule has 0 spiro atoms. The van der Waals surface area contributed by atoms with E-state index in [0.29, 0.717) is 5.04 Å². The van der Waals surface area contributed by atoms with Crippen LogP contribution in [0.25, 0.3) is 0 Å². The molecule has 0 saturated heterocycles. The van der Waals surface area contributed by atoms with Gasteiger partial charge in [0.1, 0.15) is 8.24 Å². The largest absolute Gasteiger partial charge is 0.364 e. The first-order chi connectivity index (χ1) is 6.25. The van der Waals surface area contributed by atoms with Gasteiger partial charge in [0.25, 0.3) is 0 Å². The molecule has 1 aliphatic heterocycles. The average molecular weight is 209 g/mol. The molecule has 1 nitrogen and oxygen atoms in total. The van der Waals surface area contributed by atoms with Crippen molar-refractivity contribution in [2.45, 2.75) is 52.1 Å². The van der Waals surface area contributed by atoms with Gasteiger partial charge in [-0.15, -0.1) is 0 Å². The minimum absolute atomic E-state index is 0.477. The van der Waals surface area contributed by atoms with Gasteiger partial charge in [0.05, 0.1) is 0 Å². The summed E-state index contributed by atoms with van der Waals surface area (Å²) < 4.78 is 2.75. The van der Waals surface area contributed by atoms with Crippen LogP contribution in [0, 0.1) is 0 Å². The molecule has 0 saturated carbocycles. The number of allylic oxidation sites excluding steroid dienone is 1. The van der Waals surface area contributed by atoms with Crippen LogP contribution in [0.1, 0.15) is 27.7 Å². The Hall–Kier alpha value is -0.0182. The second kappa shape index (κ2) is 3.86. The molecule has 0 aliphatic carbocycles. The third kappa shape index (κ3) is 2.32. The van der Waals surface area contributed by atoms with Gasteiger partial charge in [-0.25, -0.2) is 0 Å². The molecule has 0 unspecified atom stereocenters. The first kappa shape index (κ1) is 12.1.